The van der Waals surface area contributed by atoms with Gasteiger partial charge < -0.3 is 4.74 Å². The van der Waals surface area contributed by atoms with Gasteiger partial charge in [-0.3, -0.25) is 0 Å². The summed E-state index contributed by atoms with van der Waals surface area (Å²) in [6.45, 7) is 3.93. The fourth-order valence-electron chi connectivity index (χ4n) is 1.99. The SMILES string of the molecule is CCc1ccc(CC)c(C(Cl)CCOCC(F)F)c1. The summed E-state index contributed by atoms with van der Waals surface area (Å²) in [5, 5.41) is -0.181. The van der Waals surface area contributed by atoms with Gasteiger partial charge in [0.1, 0.15) is 6.61 Å². The molecule has 1 aromatic rings. The van der Waals surface area contributed by atoms with Gasteiger partial charge in [0.15, 0.2) is 0 Å². The minimum Gasteiger partial charge on any atom is -0.375 e. The maximum atomic E-state index is 11.9. The van der Waals surface area contributed by atoms with Crippen LogP contribution in [0.2, 0.25) is 0 Å². The zero-order chi connectivity index (χ0) is 14.3. The van der Waals surface area contributed by atoms with E-state index in [0.717, 1.165) is 18.4 Å². The Morgan fingerprint density at radius 1 is 1.21 bits per heavy atom. The lowest BCUT2D eigenvalue weighted by Crippen LogP contribution is -2.08. The molecule has 0 aliphatic carbocycles. The van der Waals surface area contributed by atoms with Gasteiger partial charge in [0, 0.05) is 6.61 Å². The van der Waals surface area contributed by atoms with E-state index < -0.39 is 13.0 Å². The van der Waals surface area contributed by atoms with Crippen LogP contribution in [0.1, 0.15) is 42.3 Å². The molecule has 0 heterocycles. The van der Waals surface area contributed by atoms with Crippen molar-refractivity contribution in [2.75, 3.05) is 13.2 Å². The summed E-state index contributed by atoms with van der Waals surface area (Å²) in [5.41, 5.74) is 3.56. The summed E-state index contributed by atoms with van der Waals surface area (Å²) < 4.78 is 28.8. The molecule has 1 aromatic carbocycles. The van der Waals surface area contributed by atoms with Crippen molar-refractivity contribution in [3.8, 4) is 0 Å². The second-order valence-electron chi connectivity index (χ2n) is 4.46. The number of alkyl halides is 3. The summed E-state index contributed by atoms with van der Waals surface area (Å²) in [6.07, 6.45) is 0.0144. The molecule has 4 heteroatoms. The molecule has 108 valence electrons. The first-order valence-electron chi connectivity index (χ1n) is 6.70. The maximum absolute atomic E-state index is 11.9. The summed E-state index contributed by atoms with van der Waals surface area (Å²) in [6, 6.07) is 6.33. The quantitative estimate of drug-likeness (QED) is 0.495. The summed E-state index contributed by atoms with van der Waals surface area (Å²) >= 11 is 6.37. The normalized spacial score (nSPS) is 12.9. The zero-order valence-electron chi connectivity index (χ0n) is 11.5. The average molecular weight is 291 g/mol. The fourth-order valence-corrected chi connectivity index (χ4v) is 2.28. The molecule has 1 atom stereocenters. The summed E-state index contributed by atoms with van der Waals surface area (Å²) in [4.78, 5) is 0. The van der Waals surface area contributed by atoms with Gasteiger partial charge in [0.05, 0.1) is 5.38 Å². The van der Waals surface area contributed by atoms with Gasteiger partial charge >= 0.3 is 0 Å². The first-order valence-corrected chi connectivity index (χ1v) is 7.13. The third-order valence-electron chi connectivity index (χ3n) is 3.10. The maximum Gasteiger partial charge on any atom is 0.261 e. The van der Waals surface area contributed by atoms with Crippen molar-refractivity contribution in [1.82, 2.24) is 0 Å². The number of benzene rings is 1. The highest BCUT2D eigenvalue weighted by atomic mass is 35.5. The van der Waals surface area contributed by atoms with Crippen LogP contribution in [0, 0.1) is 0 Å². The van der Waals surface area contributed by atoms with E-state index in [9.17, 15) is 8.78 Å². The van der Waals surface area contributed by atoms with Gasteiger partial charge in [-0.15, -0.1) is 11.6 Å². The van der Waals surface area contributed by atoms with Crippen molar-refractivity contribution in [3.05, 3.63) is 34.9 Å². The standard InChI is InChI=1S/C15H21ClF2O/c1-3-11-5-6-12(4-2)13(9-11)14(16)7-8-19-10-15(17)18/h5-6,9,14-15H,3-4,7-8,10H2,1-2H3. The van der Waals surface area contributed by atoms with Crippen LogP contribution < -0.4 is 0 Å². The van der Waals surface area contributed by atoms with E-state index in [0.29, 0.717) is 6.42 Å². The highest BCUT2D eigenvalue weighted by molar-refractivity contribution is 6.20. The van der Waals surface area contributed by atoms with Crippen LogP contribution in [-0.2, 0) is 17.6 Å². The van der Waals surface area contributed by atoms with Crippen LogP contribution in [0.25, 0.3) is 0 Å². The lowest BCUT2D eigenvalue weighted by molar-refractivity contribution is 0.0165. The van der Waals surface area contributed by atoms with Crippen molar-refractivity contribution in [1.29, 1.82) is 0 Å². The molecule has 1 nitrogen and oxygen atoms in total. The Bertz CT molecular complexity index is 382. The minimum absolute atomic E-state index is 0.181. The molecule has 0 spiro atoms. The van der Waals surface area contributed by atoms with E-state index in [1.165, 1.54) is 11.1 Å². The van der Waals surface area contributed by atoms with Crippen molar-refractivity contribution < 1.29 is 13.5 Å². The third kappa shape index (κ3) is 5.45. The van der Waals surface area contributed by atoms with Gasteiger partial charge in [-0.25, -0.2) is 8.78 Å². The van der Waals surface area contributed by atoms with Gasteiger partial charge in [-0.2, -0.15) is 0 Å². The summed E-state index contributed by atoms with van der Waals surface area (Å²) in [7, 11) is 0. The van der Waals surface area contributed by atoms with Crippen LogP contribution >= 0.6 is 11.6 Å². The average Bonchev–Trinajstić information content (AvgIpc) is 2.42. The first kappa shape index (κ1) is 16.4. The third-order valence-corrected chi connectivity index (χ3v) is 3.55. The van der Waals surface area contributed by atoms with E-state index in [1.54, 1.807) is 0 Å². The molecule has 0 aliphatic rings. The Balaban J connectivity index is 2.61. The summed E-state index contributed by atoms with van der Waals surface area (Å²) in [5.74, 6) is 0. The van der Waals surface area contributed by atoms with Gasteiger partial charge in [-0.1, -0.05) is 32.0 Å². The van der Waals surface area contributed by atoms with Crippen LogP contribution in [0.4, 0.5) is 8.78 Å². The van der Waals surface area contributed by atoms with Gasteiger partial charge in [0.25, 0.3) is 6.43 Å². The largest absolute Gasteiger partial charge is 0.375 e. The molecule has 0 saturated heterocycles. The fraction of sp³-hybridized carbons (Fsp3) is 0.600. The first-order chi connectivity index (χ1) is 9.08. The minimum atomic E-state index is -2.41. The highest BCUT2D eigenvalue weighted by Gasteiger charge is 2.13. The van der Waals surface area contributed by atoms with Crippen molar-refractivity contribution >= 4 is 11.6 Å². The Kier molecular flexibility index (Phi) is 7.32. The Hall–Kier alpha value is -0.670. The van der Waals surface area contributed by atoms with Crippen LogP contribution in [0.3, 0.4) is 0 Å². The molecule has 0 bridgehead atoms. The molecule has 1 unspecified atom stereocenters. The lowest BCUT2D eigenvalue weighted by Gasteiger charge is -2.15. The predicted octanol–water partition coefficient (Wildman–Crippen LogP) is 4.76. The molecule has 0 aliphatic heterocycles. The van der Waals surface area contributed by atoms with Crippen LogP contribution in [-0.4, -0.2) is 19.6 Å². The van der Waals surface area contributed by atoms with Crippen molar-refractivity contribution in [3.63, 3.8) is 0 Å². The second kappa shape index (κ2) is 8.49. The number of halogens is 3. The molecule has 0 saturated carbocycles. The molecular weight excluding hydrogens is 270 g/mol. The van der Waals surface area contributed by atoms with E-state index >= 15 is 0 Å². The zero-order valence-corrected chi connectivity index (χ0v) is 12.2. The highest BCUT2D eigenvalue weighted by Crippen LogP contribution is 2.29. The second-order valence-corrected chi connectivity index (χ2v) is 4.99. The van der Waals surface area contributed by atoms with Crippen LogP contribution in [0.15, 0.2) is 18.2 Å². The molecular formula is C15H21ClF2O. The van der Waals surface area contributed by atoms with Gasteiger partial charge in [0.2, 0.25) is 0 Å². The predicted molar refractivity (Wildman–Crippen MR) is 75.2 cm³/mol. The van der Waals surface area contributed by atoms with E-state index in [4.69, 9.17) is 16.3 Å². The van der Waals surface area contributed by atoms with E-state index in [2.05, 4.69) is 32.0 Å². The topological polar surface area (TPSA) is 9.23 Å². The number of hydrogen-bond acceptors (Lipinski definition) is 1. The molecule has 0 fully saturated rings. The molecule has 0 N–H and O–H groups in total. The van der Waals surface area contributed by atoms with Crippen molar-refractivity contribution in [2.24, 2.45) is 0 Å². The molecule has 0 radical (unpaired) electrons. The molecule has 0 amide bonds. The van der Waals surface area contributed by atoms with E-state index in [1.807, 2.05) is 0 Å². The Morgan fingerprint density at radius 2 is 1.95 bits per heavy atom. The number of ether oxygens (including phenoxy) is 1. The van der Waals surface area contributed by atoms with Gasteiger partial charge in [-0.05, 0) is 36.0 Å². The van der Waals surface area contributed by atoms with Crippen LogP contribution in [0.5, 0.6) is 0 Å². The number of rotatable bonds is 8. The number of aryl methyl sites for hydroxylation is 2. The monoisotopic (exact) mass is 290 g/mol. The Morgan fingerprint density at radius 3 is 2.53 bits per heavy atom. The molecule has 0 aromatic heterocycles. The molecule has 19 heavy (non-hydrogen) atoms. The smallest absolute Gasteiger partial charge is 0.261 e. The number of hydrogen-bond donors (Lipinski definition) is 0. The molecule has 1 rings (SSSR count). The van der Waals surface area contributed by atoms with E-state index in [-0.39, 0.29) is 12.0 Å². The Labute approximate surface area is 118 Å². The van der Waals surface area contributed by atoms with Crippen molar-refractivity contribution in [2.45, 2.75) is 44.9 Å². The lowest BCUT2D eigenvalue weighted by atomic mass is 9.97.